The minimum atomic E-state index is -0.405. The van der Waals surface area contributed by atoms with Gasteiger partial charge in [-0.25, -0.2) is 4.39 Å². The number of fused-ring (bicyclic) bond motifs is 2. The van der Waals surface area contributed by atoms with E-state index in [9.17, 15) is 4.79 Å². The second-order valence-corrected chi connectivity index (χ2v) is 10.4. The Morgan fingerprint density at radius 1 is 1.10 bits per heavy atom. The van der Waals surface area contributed by atoms with E-state index in [0.29, 0.717) is 43.1 Å². The van der Waals surface area contributed by atoms with Gasteiger partial charge in [0.15, 0.2) is 0 Å². The van der Waals surface area contributed by atoms with Gasteiger partial charge in [-0.15, -0.1) is 0 Å². The average Bonchev–Trinajstić information content (AvgIpc) is 3.69. The lowest BCUT2D eigenvalue weighted by Gasteiger charge is -2.19. The molecule has 4 aromatic rings. The summed E-state index contributed by atoms with van der Waals surface area (Å²) >= 11 is 0. The summed E-state index contributed by atoms with van der Waals surface area (Å²) in [4.78, 5) is 11.7. The third-order valence-electron chi connectivity index (χ3n) is 7.79. The fourth-order valence-corrected chi connectivity index (χ4v) is 5.93. The number of rotatable bonds is 8. The number of hydrogen-bond donors (Lipinski definition) is 1. The molecule has 2 atom stereocenters. The molecule has 0 fully saturated rings. The number of ether oxygens (including phenoxy) is 4. The summed E-state index contributed by atoms with van der Waals surface area (Å²) in [6.45, 7) is 4.94. The Morgan fingerprint density at radius 2 is 1.93 bits per heavy atom. The van der Waals surface area contributed by atoms with Crippen molar-refractivity contribution in [1.82, 2.24) is 10.2 Å². The number of aromatic nitrogens is 2. The average molecular weight is 543 g/mol. The highest BCUT2D eigenvalue weighted by Gasteiger charge is 2.32. The van der Waals surface area contributed by atoms with Gasteiger partial charge in [0.2, 0.25) is 0 Å². The molecule has 3 aromatic carbocycles. The molecule has 0 bridgehead atoms. The van der Waals surface area contributed by atoms with Crippen molar-refractivity contribution in [2.24, 2.45) is 0 Å². The standard InChI is InChI=1S/C32H31FN2O5/c1-18-12-23(38-17-21-10-11-34-35-21)13-19(2)31(18)25-6-8-27(33)32-26(25)7-9-28(32)40-22-4-5-24-20(14-30(36)37-3)16-39-29(24)15-22/h4-6,8,10-13,15,20,28H,7,9,14,16-17H2,1-3H3,(H,34,35)/t20-,28-/m1/s1. The van der Waals surface area contributed by atoms with Crippen molar-refractivity contribution in [1.29, 1.82) is 0 Å². The van der Waals surface area contributed by atoms with E-state index in [2.05, 4.69) is 24.0 Å². The normalized spacial score (nSPS) is 17.2. The van der Waals surface area contributed by atoms with Gasteiger partial charge >= 0.3 is 5.97 Å². The molecular weight excluding hydrogens is 511 g/mol. The van der Waals surface area contributed by atoms with Crippen LogP contribution in [0.1, 0.15) is 58.4 Å². The summed E-state index contributed by atoms with van der Waals surface area (Å²) < 4.78 is 38.2. The van der Waals surface area contributed by atoms with E-state index >= 15 is 4.39 Å². The van der Waals surface area contributed by atoms with Crippen LogP contribution >= 0.6 is 0 Å². The summed E-state index contributed by atoms with van der Waals surface area (Å²) in [5.74, 6) is 1.52. The maximum Gasteiger partial charge on any atom is 0.306 e. The highest BCUT2D eigenvalue weighted by atomic mass is 19.1. The van der Waals surface area contributed by atoms with Gasteiger partial charge in [-0.1, -0.05) is 12.1 Å². The smallest absolute Gasteiger partial charge is 0.306 e. The number of carbonyl (C=O) groups is 1. The lowest BCUT2D eigenvalue weighted by molar-refractivity contribution is -0.141. The van der Waals surface area contributed by atoms with E-state index in [0.717, 1.165) is 44.8 Å². The van der Waals surface area contributed by atoms with E-state index in [4.69, 9.17) is 18.9 Å². The largest absolute Gasteiger partial charge is 0.492 e. The molecule has 6 rings (SSSR count). The zero-order chi connectivity index (χ0) is 27.8. The number of aryl methyl sites for hydroxylation is 2. The van der Waals surface area contributed by atoms with Crippen molar-refractivity contribution in [3.63, 3.8) is 0 Å². The lowest BCUT2D eigenvalue weighted by Crippen LogP contribution is -2.09. The predicted octanol–water partition coefficient (Wildman–Crippen LogP) is 6.52. The van der Waals surface area contributed by atoms with E-state index in [-0.39, 0.29) is 24.1 Å². The number of nitrogens with zero attached hydrogens (tertiary/aromatic N) is 1. The molecule has 2 aliphatic rings. The highest BCUT2D eigenvalue weighted by molar-refractivity contribution is 5.76. The minimum Gasteiger partial charge on any atom is -0.492 e. The molecule has 0 amide bonds. The Balaban J connectivity index is 1.24. The van der Waals surface area contributed by atoms with E-state index in [1.165, 1.54) is 7.11 Å². The lowest BCUT2D eigenvalue weighted by atomic mass is 9.90. The fraction of sp³-hybridized carbons (Fsp3) is 0.312. The molecule has 0 saturated carbocycles. The zero-order valence-electron chi connectivity index (χ0n) is 22.8. The van der Waals surface area contributed by atoms with Crippen LogP contribution in [0.15, 0.2) is 54.7 Å². The third kappa shape index (κ3) is 4.90. The number of H-pyrrole nitrogens is 1. The molecule has 7 nitrogen and oxygen atoms in total. The number of nitrogens with one attached hydrogen (secondary N) is 1. The first-order chi connectivity index (χ1) is 19.4. The topological polar surface area (TPSA) is 82.7 Å². The van der Waals surface area contributed by atoms with Gasteiger partial charge in [0.05, 0.1) is 25.8 Å². The van der Waals surface area contributed by atoms with Gasteiger partial charge in [-0.05, 0) is 84.8 Å². The van der Waals surface area contributed by atoms with Crippen molar-refractivity contribution in [3.05, 3.63) is 94.1 Å². The molecule has 1 aliphatic carbocycles. The van der Waals surface area contributed by atoms with Crippen molar-refractivity contribution < 1.29 is 28.1 Å². The Morgan fingerprint density at radius 3 is 2.67 bits per heavy atom. The first-order valence-electron chi connectivity index (χ1n) is 13.5. The number of esters is 1. The van der Waals surface area contributed by atoms with Gasteiger partial charge in [-0.3, -0.25) is 9.89 Å². The molecule has 0 saturated heterocycles. The molecule has 8 heteroatoms. The Hall–Kier alpha value is -4.33. The maximum atomic E-state index is 15.3. The summed E-state index contributed by atoms with van der Waals surface area (Å²) in [5.41, 5.74) is 7.71. The van der Waals surface area contributed by atoms with Crippen molar-refractivity contribution in [2.45, 2.75) is 51.7 Å². The second kappa shape index (κ2) is 10.7. The van der Waals surface area contributed by atoms with Crippen molar-refractivity contribution in [2.75, 3.05) is 13.7 Å². The molecule has 0 unspecified atom stereocenters. The van der Waals surface area contributed by atoms with Crippen LogP contribution in [0.5, 0.6) is 17.2 Å². The molecule has 2 heterocycles. The summed E-state index contributed by atoms with van der Waals surface area (Å²) in [7, 11) is 1.39. The molecule has 40 heavy (non-hydrogen) atoms. The Kier molecular flexibility index (Phi) is 6.92. The zero-order valence-corrected chi connectivity index (χ0v) is 22.8. The number of aromatic amines is 1. The number of methoxy groups -OCH3 is 1. The van der Waals surface area contributed by atoms with Crippen LogP contribution < -0.4 is 14.2 Å². The Labute approximate surface area is 232 Å². The van der Waals surface area contributed by atoms with Crippen LogP contribution in [0.4, 0.5) is 4.39 Å². The number of hydrogen-bond acceptors (Lipinski definition) is 6. The molecule has 0 radical (unpaired) electrons. The summed E-state index contributed by atoms with van der Waals surface area (Å²) in [6, 6.07) is 15.0. The number of carbonyl (C=O) groups excluding carboxylic acids is 1. The first-order valence-corrected chi connectivity index (χ1v) is 13.5. The van der Waals surface area contributed by atoms with E-state index in [1.54, 1.807) is 12.3 Å². The first kappa shape index (κ1) is 25.9. The highest BCUT2D eigenvalue weighted by Crippen LogP contribution is 2.45. The van der Waals surface area contributed by atoms with Gasteiger partial charge < -0.3 is 18.9 Å². The maximum absolute atomic E-state index is 15.3. The quantitative estimate of drug-likeness (QED) is 0.255. The summed E-state index contributed by atoms with van der Waals surface area (Å²) in [6.07, 6.45) is 2.95. The second-order valence-electron chi connectivity index (χ2n) is 10.4. The van der Waals surface area contributed by atoms with Crippen molar-refractivity contribution in [3.8, 4) is 28.4 Å². The Bertz CT molecular complexity index is 1540. The number of benzene rings is 3. The van der Waals surface area contributed by atoms with Gasteiger partial charge in [0, 0.05) is 29.3 Å². The van der Waals surface area contributed by atoms with Crippen LogP contribution in [0.3, 0.4) is 0 Å². The molecule has 1 N–H and O–H groups in total. The minimum absolute atomic E-state index is 0.0440. The van der Waals surface area contributed by atoms with E-state index in [1.807, 2.05) is 42.5 Å². The van der Waals surface area contributed by atoms with Crippen LogP contribution in [0, 0.1) is 19.7 Å². The molecule has 206 valence electrons. The molecule has 0 spiro atoms. The van der Waals surface area contributed by atoms with Gasteiger partial charge in [0.1, 0.15) is 35.8 Å². The van der Waals surface area contributed by atoms with Crippen molar-refractivity contribution >= 4 is 5.97 Å². The van der Waals surface area contributed by atoms with Crippen LogP contribution in [-0.4, -0.2) is 29.9 Å². The van der Waals surface area contributed by atoms with Crippen LogP contribution in [-0.2, 0) is 22.6 Å². The predicted molar refractivity (Wildman–Crippen MR) is 147 cm³/mol. The molecule has 1 aromatic heterocycles. The monoisotopic (exact) mass is 542 g/mol. The number of halogens is 1. The third-order valence-corrected chi connectivity index (χ3v) is 7.79. The SMILES string of the molecule is COC(=O)C[C@@H]1COc2cc(O[C@@H]3CCc4c(-c5c(C)cc(OCc6ccn[nH]6)cc5C)ccc(F)c43)ccc21. The van der Waals surface area contributed by atoms with Crippen LogP contribution in [0.25, 0.3) is 11.1 Å². The molecular formula is C32H31FN2O5. The van der Waals surface area contributed by atoms with E-state index < -0.39 is 6.10 Å². The van der Waals surface area contributed by atoms with Gasteiger partial charge in [-0.2, -0.15) is 5.10 Å². The fourth-order valence-electron chi connectivity index (χ4n) is 5.93. The summed E-state index contributed by atoms with van der Waals surface area (Å²) in [5, 5.41) is 6.86. The molecule has 1 aliphatic heterocycles. The van der Waals surface area contributed by atoms with Crippen LogP contribution in [0.2, 0.25) is 0 Å². The van der Waals surface area contributed by atoms with Gasteiger partial charge in [0.25, 0.3) is 0 Å².